The molecule has 0 aliphatic rings. The molecule has 0 aliphatic carbocycles. The largest absolute Gasteiger partial charge is 0.638 e. The lowest BCUT2D eigenvalue weighted by Gasteiger charge is -2.01. The number of hydrogen-bond acceptors (Lipinski definition) is 4. The summed E-state index contributed by atoms with van der Waals surface area (Å²) >= 11 is 0. The predicted molar refractivity (Wildman–Crippen MR) is 31.8 cm³/mol. The Morgan fingerprint density at radius 1 is 0.875 bits per heavy atom. The molecule has 0 saturated heterocycles. The molecule has 5 heteroatoms. The summed E-state index contributed by atoms with van der Waals surface area (Å²) in [5.74, 6) is 0. The van der Waals surface area contributed by atoms with Crippen LogP contribution < -0.4 is 6.15 Å². The highest BCUT2D eigenvalue weighted by Gasteiger charge is 2.12. The Bertz CT molecular complexity index is 36.0. The highest BCUT2D eigenvalue weighted by molar-refractivity contribution is 6.36. The van der Waals surface area contributed by atoms with E-state index in [1.807, 2.05) is 0 Å². The third-order valence-electron chi connectivity index (χ3n) is 0.577. The van der Waals surface area contributed by atoms with Gasteiger partial charge in [-0.3, -0.25) is 0 Å². The molecule has 0 aliphatic heterocycles. The standard InChI is InChI=1S/C3H9BO3.H3N/c1-5-4(6-2)7-3;/h1-3H3;1H3. The summed E-state index contributed by atoms with van der Waals surface area (Å²) in [6.07, 6.45) is 0. The van der Waals surface area contributed by atoms with Crippen molar-refractivity contribution in [2.75, 3.05) is 21.3 Å². The van der Waals surface area contributed by atoms with Crippen molar-refractivity contribution in [3.05, 3.63) is 0 Å². The molecule has 0 radical (unpaired) electrons. The van der Waals surface area contributed by atoms with Crippen LogP contribution in [0.25, 0.3) is 0 Å². The lowest BCUT2D eigenvalue weighted by atomic mass is 10.2. The Hall–Kier alpha value is -0.0951. The monoisotopic (exact) mass is 121 g/mol. The van der Waals surface area contributed by atoms with E-state index in [1.165, 1.54) is 21.3 Å². The molecule has 0 spiro atoms. The molecule has 4 nitrogen and oxygen atoms in total. The second-order valence-corrected chi connectivity index (χ2v) is 0.996. The zero-order valence-electron chi connectivity index (χ0n) is 5.51. The van der Waals surface area contributed by atoms with E-state index in [0.29, 0.717) is 0 Å². The summed E-state index contributed by atoms with van der Waals surface area (Å²) in [5.41, 5.74) is 0. The maximum atomic E-state index is 4.60. The van der Waals surface area contributed by atoms with Crippen molar-refractivity contribution in [3.8, 4) is 0 Å². The van der Waals surface area contributed by atoms with Crippen molar-refractivity contribution < 1.29 is 14.0 Å². The van der Waals surface area contributed by atoms with Gasteiger partial charge in [0.1, 0.15) is 0 Å². The normalized spacial score (nSPS) is 7.88. The molecule has 0 unspecified atom stereocenters. The lowest BCUT2D eigenvalue weighted by Crippen LogP contribution is -2.21. The minimum absolute atomic E-state index is 0. The van der Waals surface area contributed by atoms with Crippen molar-refractivity contribution in [2.24, 2.45) is 0 Å². The van der Waals surface area contributed by atoms with Crippen LogP contribution >= 0.6 is 0 Å². The fourth-order valence-corrected chi connectivity index (χ4v) is 0.289. The highest BCUT2D eigenvalue weighted by Crippen LogP contribution is 1.81. The second kappa shape index (κ2) is 6.90. The van der Waals surface area contributed by atoms with Crippen molar-refractivity contribution in [3.63, 3.8) is 0 Å². The van der Waals surface area contributed by atoms with Crippen LogP contribution in [0.15, 0.2) is 0 Å². The zero-order valence-corrected chi connectivity index (χ0v) is 5.51. The van der Waals surface area contributed by atoms with Gasteiger partial charge in [-0.15, -0.1) is 0 Å². The first-order chi connectivity index (χ1) is 3.35. The van der Waals surface area contributed by atoms with Gasteiger partial charge in [-0.1, -0.05) is 0 Å². The Morgan fingerprint density at radius 2 is 1.12 bits per heavy atom. The fraction of sp³-hybridized carbons (Fsp3) is 1.00. The third kappa shape index (κ3) is 4.07. The molecule has 0 fully saturated rings. The maximum absolute atomic E-state index is 4.60. The lowest BCUT2D eigenvalue weighted by molar-refractivity contribution is 0.163. The van der Waals surface area contributed by atoms with E-state index < -0.39 is 7.32 Å². The average molecular weight is 121 g/mol. The van der Waals surface area contributed by atoms with E-state index in [2.05, 4.69) is 14.0 Å². The third-order valence-corrected chi connectivity index (χ3v) is 0.577. The minimum atomic E-state index is -0.514. The van der Waals surface area contributed by atoms with Gasteiger partial charge in [0.2, 0.25) is 0 Å². The molecule has 3 N–H and O–H groups in total. The van der Waals surface area contributed by atoms with Gasteiger partial charge >= 0.3 is 7.32 Å². The molecule has 0 aromatic carbocycles. The molecule has 0 heterocycles. The topological polar surface area (TPSA) is 62.7 Å². The summed E-state index contributed by atoms with van der Waals surface area (Å²) < 4.78 is 13.8. The van der Waals surface area contributed by atoms with Gasteiger partial charge in [0.15, 0.2) is 0 Å². The van der Waals surface area contributed by atoms with Gasteiger partial charge < -0.3 is 20.1 Å². The van der Waals surface area contributed by atoms with E-state index in [4.69, 9.17) is 0 Å². The Morgan fingerprint density at radius 3 is 1.12 bits per heavy atom. The highest BCUT2D eigenvalue weighted by atomic mass is 16.7. The van der Waals surface area contributed by atoms with E-state index in [1.54, 1.807) is 0 Å². The van der Waals surface area contributed by atoms with Crippen LogP contribution in [0, 0.1) is 0 Å². The van der Waals surface area contributed by atoms with Crippen molar-refractivity contribution in [1.29, 1.82) is 0 Å². The maximum Gasteiger partial charge on any atom is 0.638 e. The van der Waals surface area contributed by atoms with Crippen molar-refractivity contribution in [1.82, 2.24) is 6.15 Å². The molecular weight excluding hydrogens is 109 g/mol. The smallest absolute Gasteiger partial charge is 0.389 e. The molecule has 8 heavy (non-hydrogen) atoms. The van der Waals surface area contributed by atoms with Crippen LogP contribution in [0.2, 0.25) is 0 Å². The average Bonchev–Trinajstić information content (AvgIpc) is 1.72. The summed E-state index contributed by atoms with van der Waals surface area (Å²) in [6, 6.07) is 0. The van der Waals surface area contributed by atoms with E-state index in [0.717, 1.165) is 0 Å². The fourth-order valence-electron chi connectivity index (χ4n) is 0.289. The first-order valence-corrected chi connectivity index (χ1v) is 1.93. The van der Waals surface area contributed by atoms with Crippen LogP contribution in [-0.4, -0.2) is 28.7 Å². The molecular formula is C3H12BNO3. The van der Waals surface area contributed by atoms with E-state index >= 15 is 0 Å². The Labute approximate surface area is 49.9 Å². The summed E-state index contributed by atoms with van der Waals surface area (Å²) in [5, 5.41) is 0. The second-order valence-electron chi connectivity index (χ2n) is 0.996. The first kappa shape index (κ1) is 10.8. The van der Waals surface area contributed by atoms with Gasteiger partial charge in [0, 0.05) is 21.3 Å². The van der Waals surface area contributed by atoms with Crippen molar-refractivity contribution in [2.45, 2.75) is 0 Å². The molecule has 0 rings (SSSR count). The van der Waals surface area contributed by atoms with Gasteiger partial charge in [-0.25, -0.2) is 0 Å². The zero-order chi connectivity index (χ0) is 5.70. The predicted octanol–water partition coefficient (Wildman–Crippen LogP) is 0.0725. The molecule has 0 bridgehead atoms. The van der Waals surface area contributed by atoms with Crippen LogP contribution in [0.3, 0.4) is 0 Å². The molecule has 0 amide bonds. The van der Waals surface area contributed by atoms with Crippen LogP contribution in [0.4, 0.5) is 0 Å². The summed E-state index contributed by atoms with van der Waals surface area (Å²) in [7, 11) is 4.02. The van der Waals surface area contributed by atoms with Gasteiger partial charge in [0.25, 0.3) is 0 Å². The minimum Gasteiger partial charge on any atom is -0.389 e. The molecule has 0 aromatic heterocycles. The van der Waals surface area contributed by atoms with Crippen LogP contribution in [0.1, 0.15) is 0 Å². The van der Waals surface area contributed by atoms with E-state index in [-0.39, 0.29) is 6.15 Å². The number of hydrogen-bond donors (Lipinski definition) is 1. The summed E-state index contributed by atoms with van der Waals surface area (Å²) in [6.45, 7) is 0. The van der Waals surface area contributed by atoms with E-state index in [9.17, 15) is 0 Å². The Balaban J connectivity index is 0. The molecule has 0 atom stereocenters. The summed E-state index contributed by atoms with van der Waals surface area (Å²) in [4.78, 5) is 0. The van der Waals surface area contributed by atoms with Gasteiger partial charge in [-0.05, 0) is 0 Å². The molecule has 0 aromatic rings. The quantitative estimate of drug-likeness (QED) is 0.536. The SMILES string of the molecule is COB(OC)OC.N. The van der Waals surface area contributed by atoms with Crippen LogP contribution in [0.5, 0.6) is 0 Å². The van der Waals surface area contributed by atoms with Crippen LogP contribution in [-0.2, 0) is 14.0 Å². The number of rotatable bonds is 3. The van der Waals surface area contributed by atoms with Gasteiger partial charge in [-0.2, -0.15) is 0 Å². The molecule has 0 saturated carbocycles. The van der Waals surface area contributed by atoms with Crippen molar-refractivity contribution >= 4 is 7.32 Å². The molecule has 50 valence electrons. The van der Waals surface area contributed by atoms with Gasteiger partial charge in [0.05, 0.1) is 0 Å². The Kier molecular flexibility index (Phi) is 9.33. The first-order valence-electron chi connectivity index (χ1n) is 1.93.